The van der Waals surface area contributed by atoms with Gasteiger partial charge in [-0.2, -0.15) is 0 Å². The first kappa shape index (κ1) is 14.9. The van der Waals surface area contributed by atoms with Gasteiger partial charge in [0.15, 0.2) is 0 Å². The molecule has 0 N–H and O–H groups in total. The van der Waals surface area contributed by atoms with Gasteiger partial charge in [0, 0.05) is 25.4 Å². The normalized spacial score (nSPS) is 21.1. The van der Waals surface area contributed by atoms with Crippen molar-refractivity contribution in [1.82, 2.24) is 15.1 Å². The Labute approximate surface area is 130 Å². The Kier molecular flexibility index (Phi) is 4.88. The number of carbonyl (C=O) groups is 1. The summed E-state index contributed by atoms with van der Waals surface area (Å²) in [5.74, 6) is 1.55. The lowest BCUT2D eigenvalue weighted by Crippen LogP contribution is -2.38. The lowest BCUT2D eigenvalue weighted by atomic mass is 9.96. The molecule has 1 saturated heterocycles. The van der Waals surface area contributed by atoms with Crippen LogP contribution >= 0.6 is 11.3 Å². The Morgan fingerprint density at radius 1 is 1.19 bits per heavy atom. The number of carbonyl (C=O) groups excluding carboxylic acids is 1. The zero-order valence-corrected chi connectivity index (χ0v) is 13.7. The van der Waals surface area contributed by atoms with Crippen LogP contribution in [0.3, 0.4) is 0 Å². The van der Waals surface area contributed by atoms with Gasteiger partial charge in [0.2, 0.25) is 5.91 Å². The fourth-order valence-corrected chi connectivity index (χ4v) is 4.49. The van der Waals surface area contributed by atoms with Crippen LogP contribution in [0.5, 0.6) is 0 Å². The van der Waals surface area contributed by atoms with Crippen LogP contribution in [0.1, 0.15) is 67.8 Å². The molecule has 2 aliphatic rings. The van der Waals surface area contributed by atoms with Gasteiger partial charge in [0.05, 0.1) is 0 Å². The molecule has 4 nitrogen and oxygen atoms in total. The Balaban J connectivity index is 1.48. The molecule has 0 bridgehead atoms. The minimum absolute atomic E-state index is 0.381. The first-order chi connectivity index (χ1) is 10.3. The second-order valence-electron chi connectivity index (χ2n) is 6.40. The lowest BCUT2D eigenvalue weighted by molar-refractivity contribution is -0.133. The van der Waals surface area contributed by atoms with E-state index >= 15 is 0 Å². The van der Waals surface area contributed by atoms with Crippen molar-refractivity contribution in [2.45, 2.75) is 64.2 Å². The van der Waals surface area contributed by atoms with E-state index in [0.717, 1.165) is 43.8 Å². The van der Waals surface area contributed by atoms with E-state index in [1.165, 1.54) is 30.7 Å². The van der Waals surface area contributed by atoms with Crippen molar-refractivity contribution in [2.75, 3.05) is 13.1 Å². The molecule has 116 valence electrons. The summed E-state index contributed by atoms with van der Waals surface area (Å²) >= 11 is 1.75. The summed E-state index contributed by atoms with van der Waals surface area (Å²) in [6.07, 6.45) is 9.00. The standard InChI is InChI=1S/C16H25N3OS/c1-2-14-17-18-16(21-14)13-7-9-19(10-8-13)15(20)11-12-5-3-4-6-12/h12-13H,2-11H2,1H3. The smallest absolute Gasteiger partial charge is 0.222 e. The molecule has 0 atom stereocenters. The van der Waals surface area contributed by atoms with E-state index in [0.29, 0.717) is 17.7 Å². The Hall–Kier alpha value is -0.970. The Morgan fingerprint density at radius 2 is 1.90 bits per heavy atom. The predicted molar refractivity (Wildman–Crippen MR) is 84.4 cm³/mol. The van der Waals surface area contributed by atoms with Crippen LogP contribution in [0.4, 0.5) is 0 Å². The maximum Gasteiger partial charge on any atom is 0.222 e. The molecule has 2 fully saturated rings. The first-order valence-corrected chi connectivity index (χ1v) is 9.18. The van der Waals surface area contributed by atoms with Crippen molar-refractivity contribution >= 4 is 17.2 Å². The van der Waals surface area contributed by atoms with Gasteiger partial charge in [-0.25, -0.2) is 0 Å². The van der Waals surface area contributed by atoms with E-state index in [1.54, 1.807) is 11.3 Å². The topological polar surface area (TPSA) is 46.1 Å². The summed E-state index contributed by atoms with van der Waals surface area (Å²) in [7, 11) is 0. The van der Waals surface area contributed by atoms with Crippen LogP contribution in [0.25, 0.3) is 0 Å². The molecule has 0 radical (unpaired) electrons. The zero-order chi connectivity index (χ0) is 14.7. The summed E-state index contributed by atoms with van der Waals surface area (Å²) in [5, 5.41) is 10.9. The van der Waals surface area contributed by atoms with E-state index < -0.39 is 0 Å². The van der Waals surface area contributed by atoms with E-state index in [4.69, 9.17) is 0 Å². The van der Waals surface area contributed by atoms with Crippen molar-refractivity contribution < 1.29 is 4.79 Å². The monoisotopic (exact) mass is 307 g/mol. The van der Waals surface area contributed by atoms with Gasteiger partial charge in [0.25, 0.3) is 0 Å². The number of rotatable bonds is 4. The number of nitrogens with zero attached hydrogens (tertiary/aromatic N) is 3. The lowest BCUT2D eigenvalue weighted by Gasteiger charge is -2.31. The summed E-state index contributed by atoms with van der Waals surface area (Å²) in [6.45, 7) is 3.92. The summed E-state index contributed by atoms with van der Waals surface area (Å²) in [6, 6.07) is 0. The fraction of sp³-hybridized carbons (Fsp3) is 0.812. The summed E-state index contributed by atoms with van der Waals surface area (Å²) in [4.78, 5) is 14.4. The molecular weight excluding hydrogens is 282 g/mol. The highest BCUT2D eigenvalue weighted by Gasteiger charge is 2.28. The van der Waals surface area contributed by atoms with Crippen LogP contribution in [0.15, 0.2) is 0 Å². The van der Waals surface area contributed by atoms with Crippen molar-refractivity contribution in [2.24, 2.45) is 5.92 Å². The number of amides is 1. The molecule has 1 saturated carbocycles. The minimum atomic E-state index is 0.381. The van der Waals surface area contributed by atoms with Gasteiger partial charge < -0.3 is 4.90 Å². The second kappa shape index (κ2) is 6.86. The first-order valence-electron chi connectivity index (χ1n) is 8.36. The molecule has 3 rings (SSSR count). The molecule has 1 aliphatic carbocycles. The second-order valence-corrected chi connectivity index (χ2v) is 7.49. The summed E-state index contributed by atoms with van der Waals surface area (Å²) in [5.41, 5.74) is 0. The molecular formula is C16H25N3OS. The predicted octanol–water partition coefficient (Wildman–Crippen LogP) is 3.39. The third-order valence-electron chi connectivity index (χ3n) is 4.92. The van der Waals surface area contributed by atoms with E-state index in [1.807, 2.05) is 0 Å². The molecule has 0 aromatic carbocycles. The van der Waals surface area contributed by atoms with Crippen LogP contribution in [-0.4, -0.2) is 34.1 Å². The third-order valence-corrected chi connectivity index (χ3v) is 6.15. The number of likely N-dealkylation sites (tertiary alicyclic amines) is 1. The fourth-order valence-electron chi connectivity index (χ4n) is 3.54. The highest BCUT2D eigenvalue weighted by Crippen LogP contribution is 2.32. The Morgan fingerprint density at radius 3 is 2.52 bits per heavy atom. The molecule has 1 aliphatic heterocycles. The number of hydrogen-bond acceptors (Lipinski definition) is 4. The molecule has 21 heavy (non-hydrogen) atoms. The molecule has 0 spiro atoms. The minimum Gasteiger partial charge on any atom is -0.343 e. The SMILES string of the molecule is CCc1nnc(C2CCN(C(=O)CC3CCCC3)CC2)s1. The number of hydrogen-bond donors (Lipinski definition) is 0. The molecule has 2 heterocycles. The van der Waals surface area contributed by atoms with Crippen LogP contribution in [0.2, 0.25) is 0 Å². The maximum absolute atomic E-state index is 12.3. The average molecular weight is 307 g/mol. The molecule has 1 aromatic rings. The van der Waals surface area contributed by atoms with Crippen LogP contribution in [-0.2, 0) is 11.2 Å². The van der Waals surface area contributed by atoms with E-state index in [9.17, 15) is 4.79 Å². The summed E-state index contributed by atoms with van der Waals surface area (Å²) < 4.78 is 0. The van der Waals surface area contributed by atoms with Crippen molar-refractivity contribution in [3.8, 4) is 0 Å². The zero-order valence-electron chi connectivity index (χ0n) is 12.9. The largest absolute Gasteiger partial charge is 0.343 e. The van der Waals surface area contributed by atoms with Gasteiger partial charge in [0.1, 0.15) is 10.0 Å². The van der Waals surface area contributed by atoms with E-state index in [2.05, 4.69) is 22.0 Å². The molecule has 0 unspecified atom stereocenters. The van der Waals surface area contributed by atoms with Crippen LogP contribution in [0, 0.1) is 5.92 Å². The van der Waals surface area contributed by atoms with Gasteiger partial charge in [-0.05, 0) is 38.0 Å². The number of aromatic nitrogens is 2. The highest BCUT2D eigenvalue weighted by atomic mass is 32.1. The molecule has 1 aromatic heterocycles. The van der Waals surface area contributed by atoms with Gasteiger partial charge in [-0.15, -0.1) is 21.5 Å². The third kappa shape index (κ3) is 3.62. The van der Waals surface area contributed by atoms with E-state index in [-0.39, 0.29) is 0 Å². The molecule has 1 amide bonds. The van der Waals surface area contributed by atoms with Gasteiger partial charge >= 0.3 is 0 Å². The number of piperidine rings is 1. The van der Waals surface area contributed by atoms with Crippen molar-refractivity contribution in [3.63, 3.8) is 0 Å². The quantitative estimate of drug-likeness (QED) is 0.856. The van der Waals surface area contributed by atoms with Crippen molar-refractivity contribution in [1.29, 1.82) is 0 Å². The van der Waals surface area contributed by atoms with Crippen molar-refractivity contribution in [3.05, 3.63) is 10.0 Å². The molecule has 5 heteroatoms. The highest BCUT2D eigenvalue weighted by molar-refractivity contribution is 7.11. The number of aryl methyl sites for hydroxylation is 1. The van der Waals surface area contributed by atoms with Gasteiger partial charge in [-0.3, -0.25) is 4.79 Å². The van der Waals surface area contributed by atoms with Crippen LogP contribution < -0.4 is 0 Å². The average Bonchev–Trinajstić information content (AvgIpc) is 3.18. The van der Waals surface area contributed by atoms with Gasteiger partial charge in [-0.1, -0.05) is 19.8 Å². The maximum atomic E-state index is 12.3. The Bertz CT molecular complexity index is 474.